The maximum Gasteiger partial charge on any atom is 0.0666 e. The van der Waals surface area contributed by atoms with Crippen LogP contribution < -0.4 is 10.6 Å². The van der Waals surface area contributed by atoms with Gasteiger partial charge in [-0.25, -0.2) is 0 Å². The van der Waals surface area contributed by atoms with Crippen LogP contribution in [0.25, 0.3) is 0 Å². The summed E-state index contributed by atoms with van der Waals surface area (Å²) < 4.78 is 1.92. The average molecular weight is 278 g/mol. The van der Waals surface area contributed by atoms with Crippen LogP contribution >= 0.6 is 0 Å². The van der Waals surface area contributed by atoms with Crippen LogP contribution in [0.15, 0.2) is 6.20 Å². The highest BCUT2D eigenvalue weighted by Gasteiger charge is 2.15. The molecule has 2 atom stereocenters. The summed E-state index contributed by atoms with van der Waals surface area (Å²) in [6.07, 6.45) is 9.82. The minimum absolute atomic E-state index is 0.551. The molecule has 0 aromatic carbocycles. The Kier molecular flexibility index (Phi) is 6.05. The Hall–Kier alpha value is -0.870. The van der Waals surface area contributed by atoms with Gasteiger partial charge in [0.2, 0.25) is 0 Å². The molecule has 4 heteroatoms. The van der Waals surface area contributed by atoms with Gasteiger partial charge in [-0.15, -0.1) is 0 Å². The summed E-state index contributed by atoms with van der Waals surface area (Å²) in [6.45, 7) is 6.60. The van der Waals surface area contributed by atoms with E-state index in [0.29, 0.717) is 12.1 Å². The van der Waals surface area contributed by atoms with Crippen LogP contribution in [-0.2, 0) is 20.0 Å². The molecule has 0 amide bonds. The zero-order valence-electron chi connectivity index (χ0n) is 13.3. The van der Waals surface area contributed by atoms with Crippen LogP contribution in [0.4, 0.5) is 0 Å². The minimum Gasteiger partial charge on any atom is -0.314 e. The summed E-state index contributed by atoms with van der Waals surface area (Å²) >= 11 is 0. The van der Waals surface area contributed by atoms with E-state index in [0.717, 1.165) is 13.0 Å². The van der Waals surface area contributed by atoms with E-state index in [1.807, 2.05) is 11.7 Å². The third-order valence-electron chi connectivity index (χ3n) is 4.27. The molecule has 2 unspecified atom stereocenters. The first kappa shape index (κ1) is 15.5. The first-order valence-corrected chi connectivity index (χ1v) is 8.17. The number of aryl methyl sites for hydroxylation is 2. The fourth-order valence-corrected chi connectivity index (χ4v) is 3.13. The molecule has 0 spiro atoms. The second-order valence-electron chi connectivity index (χ2n) is 6.15. The van der Waals surface area contributed by atoms with E-state index >= 15 is 0 Å². The van der Waals surface area contributed by atoms with Crippen molar-refractivity contribution in [1.29, 1.82) is 0 Å². The molecule has 1 aliphatic rings. The predicted molar refractivity (Wildman–Crippen MR) is 83.8 cm³/mol. The van der Waals surface area contributed by atoms with Crippen molar-refractivity contribution in [2.75, 3.05) is 6.54 Å². The van der Waals surface area contributed by atoms with Gasteiger partial charge in [0.1, 0.15) is 0 Å². The zero-order chi connectivity index (χ0) is 14.4. The van der Waals surface area contributed by atoms with Crippen molar-refractivity contribution in [1.82, 2.24) is 20.4 Å². The van der Waals surface area contributed by atoms with Crippen LogP contribution in [0, 0.1) is 0 Å². The van der Waals surface area contributed by atoms with Crippen molar-refractivity contribution in [3.05, 3.63) is 17.5 Å². The number of nitrogens with one attached hydrogen (secondary N) is 2. The van der Waals surface area contributed by atoms with Crippen LogP contribution in [0.3, 0.4) is 0 Å². The van der Waals surface area contributed by atoms with E-state index in [4.69, 9.17) is 0 Å². The third-order valence-corrected chi connectivity index (χ3v) is 4.27. The Morgan fingerprint density at radius 2 is 2.30 bits per heavy atom. The molecule has 2 rings (SSSR count). The molecule has 20 heavy (non-hydrogen) atoms. The first-order chi connectivity index (χ1) is 9.69. The van der Waals surface area contributed by atoms with Crippen molar-refractivity contribution in [3.63, 3.8) is 0 Å². The summed E-state index contributed by atoms with van der Waals surface area (Å²) in [6, 6.07) is 1.25. The standard InChI is InChI=1S/C16H30N4/c1-4-16-14(12-20(3)19-16)11-18-13(2)10-15-8-6-5-7-9-17-15/h12-13,15,17-18H,4-11H2,1-3H3. The van der Waals surface area contributed by atoms with Crippen LogP contribution in [-0.4, -0.2) is 28.4 Å². The number of nitrogens with zero attached hydrogens (tertiary/aromatic N) is 2. The van der Waals surface area contributed by atoms with Crippen molar-refractivity contribution in [2.45, 2.75) is 71.0 Å². The van der Waals surface area contributed by atoms with Gasteiger partial charge >= 0.3 is 0 Å². The van der Waals surface area contributed by atoms with Crippen LogP contribution in [0.5, 0.6) is 0 Å². The molecule has 2 heterocycles. The lowest BCUT2D eigenvalue weighted by Gasteiger charge is -2.21. The van der Waals surface area contributed by atoms with Crippen molar-refractivity contribution in [3.8, 4) is 0 Å². The number of hydrogen-bond acceptors (Lipinski definition) is 3. The van der Waals surface area contributed by atoms with Crippen molar-refractivity contribution in [2.24, 2.45) is 7.05 Å². The topological polar surface area (TPSA) is 41.9 Å². The fraction of sp³-hybridized carbons (Fsp3) is 0.812. The van der Waals surface area contributed by atoms with Gasteiger partial charge in [0.25, 0.3) is 0 Å². The van der Waals surface area contributed by atoms with Crippen molar-refractivity contribution >= 4 is 0 Å². The van der Waals surface area contributed by atoms with Gasteiger partial charge < -0.3 is 10.6 Å². The highest BCUT2D eigenvalue weighted by atomic mass is 15.3. The molecule has 2 N–H and O–H groups in total. The molecule has 1 aromatic rings. The second-order valence-corrected chi connectivity index (χ2v) is 6.15. The second kappa shape index (κ2) is 7.79. The maximum atomic E-state index is 4.50. The van der Waals surface area contributed by atoms with Gasteiger partial charge in [0, 0.05) is 37.4 Å². The molecule has 1 saturated heterocycles. The van der Waals surface area contributed by atoms with Gasteiger partial charge in [-0.3, -0.25) is 4.68 Å². The Morgan fingerprint density at radius 3 is 3.10 bits per heavy atom. The molecule has 0 aliphatic carbocycles. The molecular formula is C16H30N4. The van der Waals surface area contributed by atoms with Gasteiger partial charge in [-0.1, -0.05) is 19.8 Å². The fourth-order valence-electron chi connectivity index (χ4n) is 3.13. The quantitative estimate of drug-likeness (QED) is 0.839. The number of aromatic nitrogens is 2. The molecule has 1 aromatic heterocycles. The lowest BCUT2D eigenvalue weighted by molar-refractivity contribution is 0.402. The molecular weight excluding hydrogens is 248 g/mol. The number of rotatable bonds is 6. The Morgan fingerprint density at radius 1 is 1.45 bits per heavy atom. The first-order valence-electron chi connectivity index (χ1n) is 8.17. The molecule has 0 bridgehead atoms. The summed E-state index contributed by atoms with van der Waals surface area (Å²) in [5.41, 5.74) is 2.57. The van der Waals surface area contributed by atoms with Crippen molar-refractivity contribution < 1.29 is 0 Å². The van der Waals surface area contributed by atoms with E-state index in [9.17, 15) is 0 Å². The molecule has 4 nitrogen and oxygen atoms in total. The lowest BCUT2D eigenvalue weighted by atomic mass is 10.0. The van der Waals surface area contributed by atoms with Gasteiger partial charge in [-0.05, 0) is 39.2 Å². The minimum atomic E-state index is 0.551. The van der Waals surface area contributed by atoms with Crippen LogP contribution in [0.1, 0.15) is 57.2 Å². The van der Waals surface area contributed by atoms with E-state index in [1.165, 1.54) is 49.9 Å². The van der Waals surface area contributed by atoms with E-state index in [-0.39, 0.29) is 0 Å². The Bertz CT molecular complexity index is 391. The van der Waals surface area contributed by atoms with Gasteiger partial charge in [0.05, 0.1) is 5.69 Å². The smallest absolute Gasteiger partial charge is 0.0666 e. The zero-order valence-corrected chi connectivity index (χ0v) is 13.3. The van der Waals surface area contributed by atoms with E-state index < -0.39 is 0 Å². The third kappa shape index (κ3) is 4.60. The molecule has 0 saturated carbocycles. The van der Waals surface area contributed by atoms with E-state index in [1.54, 1.807) is 0 Å². The highest BCUT2D eigenvalue weighted by molar-refractivity contribution is 5.16. The average Bonchev–Trinajstić information content (AvgIpc) is 2.62. The molecule has 1 aliphatic heterocycles. The summed E-state index contributed by atoms with van der Waals surface area (Å²) in [7, 11) is 2.00. The summed E-state index contributed by atoms with van der Waals surface area (Å²) in [5.74, 6) is 0. The summed E-state index contributed by atoms with van der Waals surface area (Å²) in [5, 5.41) is 11.8. The number of hydrogen-bond donors (Lipinski definition) is 2. The predicted octanol–water partition coefficient (Wildman–Crippen LogP) is 2.38. The Balaban J connectivity index is 1.77. The SMILES string of the molecule is CCc1nn(C)cc1CNC(C)CC1CCCCCN1. The normalized spacial score (nSPS) is 21.6. The molecule has 114 valence electrons. The van der Waals surface area contributed by atoms with Gasteiger partial charge in [0.15, 0.2) is 0 Å². The summed E-state index contributed by atoms with van der Waals surface area (Å²) in [4.78, 5) is 0. The maximum absolute atomic E-state index is 4.50. The van der Waals surface area contributed by atoms with E-state index in [2.05, 4.69) is 35.8 Å². The monoisotopic (exact) mass is 278 g/mol. The molecule has 0 radical (unpaired) electrons. The Labute approximate surface area is 123 Å². The lowest BCUT2D eigenvalue weighted by Crippen LogP contribution is -2.36. The van der Waals surface area contributed by atoms with Gasteiger partial charge in [-0.2, -0.15) is 5.10 Å². The van der Waals surface area contributed by atoms with Crippen LogP contribution in [0.2, 0.25) is 0 Å². The highest BCUT2D eigenvalue weighted by Crippen LogP contribution is 2.13. The largest absolute Gasteiger partial charge is 0.314 e. The molecule has 1 fully saturated rings.